The first-order chi connectivity index (χ1) is 12.4. The Labute approximate surface area is 147 Å². The molecule has 10 heteroatoms. The number of aliphatic hydroxyl groups is 3. The number of ether oxygens (including phenoxy) is 1. The Kier molecular flexibility index (Phi) is 3.74. The maximum atomic E-state index is 11.8. The first-order valence-corrected chi connectivity index (χ1v) is 8.10. The predicted octanol–water partition coefficient (Wildman–Crippen LogP) is -0.779. The molecule has 1 fully saturated rings. The molecule has 2 aliphatic heterocycles. The average molecular weight is 361 g/mol. The standard InChI is InChI=1S/C16H19N5O5/c1-16(25)11(24)8(6-22)26-14(16)21-5-7-3-4-9(23)18-12-10(7)13(21)20-15(17-2)19-12/h3-5,8,11,14,22,24-25H,6H2,1-2H3,(H2,17,18,19,20,23)/t8-,11-,14?,16-/m1/s1. The Hall–Kier alpha value is -2.53. The van der Waals surface area contributed by atoms with E-state index in [1.165, 1.54) is 13.0 Å². The molecule has 0 bridgehead atoms. The van der Waals surface area contributed by atoms with Crippen molar-refractivity contribution in [3.8, 4) is 0 Å². The minimum atomic E-state index is -1.64. The molecular weight excluding hydrogens is 342 g/mol. The van der Waals surface area contributed by atoms with Crippen molar-refractivity contribution < 1.29 is 20.1 Å². The molecule has 0 spiro atoms. The number of guanidine groups is 1. The highest BCUT2D eigenvalue weighted by Crippen LogP contribution is 2.43. The third-order valence-corrected chi connectivity index (χ3v) is 4.81. The molecule has 2 aromatic heterocycles. The second-order valence-electron chi connectivity index (χ2n) is 6.55. The number of nitrogens with zero attached hydrogens (tertiary/aromatic N) is 3. The zero-order chi connectivity index (χ0) is 18.6. The molecule has 26 heavy (non-hydrogen) atoms. The molecule has 5 N–H and O–H groups in total. The van der Waals surface area contributed by atoms with Crippen LogP contribution in [0.4, 0.5) is 11.6 Å². The minimum Gasteiger partial charge on any atom is -0.394 e. The van der Waals surface area contributed by atoms with Gasteiger partial charge in [-0.1, -0.05) is 0 Å². The van der Waals surface area contributed by atoms with Gasteiger partial charge in [-0.15, -0.1) is 0 Å². The van der Waals surface area contributed by atoms with Crippen LogP contribution in [0, 0.1) is 0 Å². The molecule has 0 aliphatic carbocycles. The summed E-state index contributed by atoms with van der Waals surface area (Å²) in [5.74, 6) is 1.21. The van der Waals surface area contributed by atoms with Gasteiger partial charge in [-0.05, 0) is 13.0 Å². The van der Waals surface area contributed by atoms with Crippen molar-refractivity contribution in [3.05, 3.63) is 28.7 Å². The molecule has 4 atom stereocenters. The van der Waals surface area contributed by atoms with Gasteiger partial charge in [-0.3, -0.25) is 9.79 Å². The number of rotatable bonds is 2. The predicted molar refractivity (Wildman–Crippen MR) is 94.2 cm³/mol. The Balaban J connectivity index is 1.95. The lowest BCUT2D eigenvalue weighted by Gasteiger charge is -2.29. The number of hydrogen-bond donors (Lipinski definition) is 5. The van der Waals surface area contributed by atoms with Gasteiger partial charge in [0.15, 0.2) is 6.23 Å². The highest BCUT2D eigenvalue weighted by molar-refractivity contribution is 6.17. The van der Waals surface area contributed by atoms with Gasteiger partial charge in [0, 0.05) is 24.7 Å². The Morgan fingerprint density at radius 3 is 2.85 bits per heavy atom. The molecule has 138 valence electrons. The van der Waals surface area contributed by atoms with Crippen molar-refractivity contribution in [1.29, 1.82) is 0 Å². The summed E-state index contributed by atoms with van der Waals surface area (Å²) < 4.78 is 7.32. The van der Waals surface area contributed by atoms with Crippen LogP contribution in [0.5, 0.6) is 0 Å². The third kappa shape index (κ3) is 2.31. The number of aliphatic imine (C=N–C) groups is 1. The first-order valence-electron chi connectivity index (χ1n) is 8.10. The van der Waals surface area contributed by atoms with E-state index in [0.717, 1.165) is 0 Å². The summed E-state index contributed by atoms with van der Waals surface area (Å²) in [6.07, 6.45) is -1.46. The molecule has 0 amide bonds. The molecule has 2 aliphatic rings. The number of anilines is 2. The van der Waals surface area contributed by atoms with Gasteiger partial charge in [-0.2, -0.15) is 4.98 Å². The lowest BCUT2D eigenvalue weighted by atomic mass is 9.96. The lowest BCUT2D eigenvalue weighted by molar-refractivity contribution is -0.0954. The van der Waals surface area contributed by atoms with E-state index in [1.54, 1.807) is 23.9 Å². The summed E-state index contributed by atoms with van der Waals surface area (Å²) in [6.45, 7) is 1.02. The zero-order valence-electron chi connectivity index (χ0n) is 14.2. The van der Waals surface area contributed by atoms with Crippen LogP contribution in [-0.2, 0) is 4.74 Å². The monoisotopic (exact) mass is 361 g/mol. The van der Waals surface area contributed by atoms with Crippen molar-refractivity contribution >= 4 is 28.4 Å². The fourth-order valence-electron chi connectivity index (χ4n) is 3.44. The van der Waals surface area contributed by atoms with Crippen LogP contribution in [0.15, 0.2) is 28.1 Å². The fourth-order valence-corrected chi connectivity index (χ4v) is 3.44. The smallest absolute Gasteiger partial charge is 0.271 e. The Bertz CT molecular complexity index is 969. The molecule has 2 aromatic rings. The normalized spacial score (nSPS) is 31.9. The van der Waals surface area contributed by atoms with Crippen LogP contribution in [0.25, 0.3) is 10.8 Å². The van der Waals surface area contributed by atoms with Crippen LogP contribution in [-0.4, -0.2) is 62.3 Å². The largest absolute Gasteiger partial charge is 0.394 e. The average Bonchev–Trinajstić information content (AvgIpc) is 3.01. The molecule has 1 unspecified atom stereocenters. The number of aliphatic hydroxyl groups excluding tert-OH is 2. The van der Waals surface area contributed by atoms with Crippen LogP contribution in [0.2, 0.25) is 0 Å². The van der Waals surface area contributed by atoms with Crippen molar-refractivity contribution in [2.45, 2.75) is 31.0 Å². The molecular formula is C16H19N5O5. The summed E-state index contributed by atoms with van der Waals surface area (Å²) in [7, 11) is 1.57. The van der Waals surface area contributed by atoms with E-state index >= 15 is 0 Å². The maximum Gasteiger partial charge on any atom is 0.271 e. The fraction of sp³-hybridized carbons (Fsp3) is 0.438. The summed E-state index contributed by atoms with van der Waals surface area (Å²) in [5, 5.41) is 37.8. The molecule has 10 nitrogen and oxygen atoms in total. The van der Waals surface area contributed by atoms with E-state index in [1.807, 2.05) is 0 Å². The SMILES string of the molecule is CN=C1Nc2nc(=O)ccc3cn(C4O[C@H](CO)[C@@H](O)[C@@]4(C)O)c(c23)N1. The van der Waals surface area contributed by atoms with Crippen molar-refractivity contribution in [2.24, 2.45) is 4.99 Å². The summed E-state index contributed by atoms with van der Waals surface area (Å²) in [5.41, 5.74) is -2.05. The van der Waals surface area contributed by atoms with Crippen LogP contribution in [0.1, 0.15) is 13.2 Å². The van der Waals surface area contributed by atoms with Crippen LogP contribution >= 0.6 is 0 Å². The Morgan fingerprint density at radius 2 is 2.19 bits per heavy atom. The lowest BCUT2D eigenvalue weighted by Crippen LogP contribution is -2.44. The molecule has 4 rings (SSSR count). The quantitative estimate of drug-likeness (QED) is 0.469. The van der Waals surface area contributed by atoms with E-state index < -0.39 is 36.2 Å². The van der Waals surface area contributed by atoms with Gasteiger partial charge in [-0.25, -0.2) is 0 Å². The van der Waals surface area contributed by atoms with Crippen LogP contribution < -0.4 is 16.2 Å². The molecule has 0 radical (unpaired) electrons. The van der Waals surface area contributed by atoms with Crippen molar-refractivity contribution in [3.63, 3.8) is 0 Å². The number of nitrogens with one attached hydrogen (secondary N) is 2. The number of hydrogen-bond acceptors (Lipinski definition) is 7. The topological polar surface area (TPSA) is 141 Å². The van der Waals surface area contributed by atoms with E-state index in [4.69, 9.17) is 4.74 Å². The van der Waals surface area contributed by atoms with Gasteiger partial charge >= 0.3 is 0 Å². The van der Waals surface area contributed by atoms with Crippen LogP contribution in [0.3, 0.4) is 0 Å². The van der Waals surface area contributed by atoms with Gasteiger partial charge in [0.25, 0.3) is 5.56 Å². The van der Waals surface area contributed by atoms with Crippen molar-refractivity contribution in [2.75, 3.05) is 24.3 Å². The van der Waals surface area contributed by atoms with Crippen molar-refractivity contribution in [1.82, 2.24) is 9.55 Å². The summed E-state index contributed by atoms with van der Waals surface area (Å²) in [4.78, 5) is 19.9. The van der Waals surface area contributed by atoms with Gasteiger partial charge in [0.1, 0.15) is 29.4 Å². The van der Waals surface area contributed by atoms with Gasteiger partial charge < -0.3 is 35.3 Å². The third-order valence-electron chi connectivity index (χ3n) is 4.81. The first kappa shape index (κ1) is 16.9. The van der Waals surface area contributed by atoms with E-state index in [0.29, 0.717) is 28.4 Å². The Morgan fingerprint density at radius 1 is 1.42 bits per heavy atom. The zero-order valence-corrected chi connectivity index (χ0v) is 14.2. The molecule has 0 aromatic carbocycles. The molecule has 1 saturated heterocycles. The second kappa shape index (κ2) is 5.74. The maximum absolute atomic E-state index is 11.8. The van der Waals surface area contributed by atoms with E-state index in [2.05, 4.69) is 20.6 Å². The van der Waals surface area contributed by atoms with E-state index in [-0.39, 0.29) is 0 Å². The molecule has 0 saturated carbocycles. The van der Waals surface area contributed by atoms with E-state index in [9.17, 15) is 20.1 Å². The highest BCUT2D eigenvalue weighted by atomic mass is 16.6. The number of aromatic nitrogens is 2. The molecule has 4 heterocycles. The van der Waals surface area contributed by atoms with Gasteiger partial charge in [0.05, 0.1) is 12.0 Å². The minimum absolute atomic E-state index is 0.333. The highest BCUT2D eigenvalue weighted by Gasteiger charge is 2.53. The summed E-state index contributed by atoms with van der Waals surface area (Å²) >= 11 is 0. The summed E-state index contributed by atoms with van der Waals surface area (Å²) in [6, 6.07) is 2.96. The second-order valence-corrected chi connectivity index (χ2v) is 6.55. The van der Waals surface area contributed by atoms with Gasteiger partial charge in [0.2, 0.25) is 5.96 Å².